The fraction of sp³-hybridized carbons (Fsp3) is 0.158. The Kier molecular flexibility index (Phi) is 4.58. The number of hydrogen-bond acceptors (Lipinski definition) is 7. The van der Waals surface area contributed by atoms with Crippen molar-refractivity contribution in [2.45, 2.75) is 12.5 Å². The molecule has 5 nitrogen and oxygen atoms in total. The van der Waals surface area contributed by atoms with Gasteiger partial charge in [-0.15, -0.1) is 22.7 Å². The van der Waals surface area contributed by atoms with E-state index in [4.69, 9.17) is 10.2 Å². The van der Waals surface area contributed by atoms with Crippen LogP contribution in [-0.2, 0) is 16.0 Å². The summed E-state index contributed by atoms with van der Waals surface area (Å²) in [6, 6.07) is 13.2. The number of methoxy groups -OCH3 is 1. The van der Waals surface area contributed by atoms with Crippen LogP contribution in [0.3, 0.4) is 0 Å². The molecule has 132 valence electrons. The van der Waals surface area contributed by atoms with E-state index in [1.807, 2.05) is 30.3 Å². The Bertz CT molecular complexity index is 1050. The number of nitrogens with zero attached hydrogens (tertiary/aromatic N) is 1. The van der Waals surface area contributed by atoms with Crippen LogP contribution < -0.4 is 5.73 Å². The molecule has 4 rings (SSSR count). The standard InChI is InChI=1S/C19H16N2O3S2/c1-23-19(22)12(20)9-11-4-5-14-13(10-11)21-18(24-14)17-7-6-16(26-17)15-3-2-8-25-15/h2-8,10,12H,9,20H2,1H3/t12-/m0/s1. The normalized spacial score (nSPS) is 12.4. The lowest BCUT2D eigenvalue weighted by Gasteiger charge is -2.08. The fourth-order valence-electron chi connectivity index (χ4n) is 2.70. The molecule has 0 radical (unpaired) electrons. The van der Waals surface area contributed by atoms with Crippen molar-refractivity contribution < 1.29 is 13.9 Å². The third-order valence-electron chi connectivity index (χ3n) is 3.99. The van der Waals surface area contributed by atoms with E-state index in [-0.39, 0.29) is 0 Å². The lowest BCUT2D eigenvalue weighted by atomic mass is 10.1. The van der Waals surface area contributed by atoms with Crippen LogP contribution in [0.15, 0.2) is 52.3 Å². The summed E-state index contributed by atoms with van der Waals surface area (Å²) in [5.41, 5.74) is 8.21. The number of benzene rings is 1. The maximum Gasteiger partial charge on any atom is 0.322 e. The molecular weight excluding hydrogens is 368 g/mol. The van der Waals surface area contributed by atoms with E-state index in [1.54, 1.807) is 22.7 Å². The highest BCUT2D eigenvalue weighted by Crippen LogP contribution is 2.37. The molecule has 0 amide bonds. The number of nitrogens with two attached hydrogens (primary N) is 1. The summed E-state index contributed by atoms with van der Waals surface area (Å²) >= 11 is 3.36. The van der Waals surface area contributed by atoms with Crippen LogP contribution in [0.5, 0.6) is 0 Å². The van der Waals surface area contributed by atoms with Crippen LogP contribution in [0.25, 0.3) is 31.6 Å². The van der Waals surface area contributed by atoms with Crippen molar-refractivity contribution in [3.63, 3.8) is 0 Å². The topological polar surface area (TPSA) is 78.4 Å². The third kappa shape index (κ3) is 3.29. The Morgan fingerprint density at radius 2 is 2.08 bits per heavy atom. The van der Waals surface area contributed by atoms with Gasteiger partial charge in [0.1, 0.15) is 11.6 Å². The second-order valence-corrected chi connectivity index (χ2v) is 7.83. The summed E-state index contributed by atoms with van der Waals surface area (Å²) in [6.45, 7) is 0. The molecule has 7 heteroatoms. The van der Waals surface area contributed by atoms with Gasteiger partial charge in [0.05, 0.1) is 12.0 Å². The third-order valence-corrected chi connectivity index (χ3v) is 6.13. The number of thiophene rings is 2. The fourth-order valence-corrected chi connectivity index (χ4v) is 4.46. The highest BCUT2D eigenvalue weighted by molar-refractivity contribution is 7.23. The number of ether oxygens (including phenoxy) is 1. The van der Waals surface area contributed by atoms with Gasteiger partial charge in [0.25, 0.3) is 0 Å². The van der Waals surface area contributed by atoms with Crippen molar-refractivity contribution in [1.82, 2.24) is 4.98 Å². The maximum absolute atomic E-state index is 11.5. The van der Waals surface area contributed by atoms with Crippen LogP contribution in [-0.4, -0.2) is 24.1 Å². The number of rotatable bonds is 5. The van der Waals surface area contributed by atoms with E-state index in [0.29, 0.717) is 17.9 Å². The molecule has 0 unspecified atom stereocenters. The zero-order valence-corrected chi connectivity index (χ0v) is 15.6. The van der Waals surface area contributed by atoms with Gasteiger partial charge >= 0.3 is 5.97 Å². The van der Waals surface area contributed by atoms with Crippen molar-refractivity contribution >= 4 is 39.7 Å². The summed E-state index contributed by atoms with van der Waals surface area (Å²) in [5, 5.41) is 2.06. The first kappa shape index (κ1) is 17.0. The summed E-state index contributed by atoms with van der Waals surface area (Å²) in [4.78, 5) is 19.5. The van der Waals surface area contributed by atoms with Crippen LogP contribution in [0.4, 0.5) is 0 Å². The van der Waals surface area contributed by atoms with E-state index >= 15 is 0 Å². The summed E-state index contributed by atoms with van der Waals surface area (Å²) in [7, 11) is 1.33. The van der Waals surface area contributed by atoms with Crippen molar-refractivity contribution in [2.24, 2.45) is 5.73 Å². The molecule has 1 atom stereocenters. The van der Waals surface area contributed by atoms with Gasteiger partial charge < -0.3 is 14.9 Å². The molecule has 0 bridgehead atoms. The van der Waals surface area contributed by atoms with Crippen LogP contribution in [0, 0.1) is 0 Å². The molecule has 1 aromatic carbocycles. The molecule has 0 fully saturated rings. The van der Waals surface area contributed by atoms with Gasteiger partial charge in [-0.2, -0.15) is 0 Å². The number of esters is 1. The number of hydrogen-bond donors (Lipinski definition) is 1. The second kappa shape index (κ2) is 7.03. The number of fused-ring (bicyclic) bond motifs is 1. The SMILES string of the molecule is COC(=O)[C@@H](N)Cc1ccc2oc(-c3ccc(-c4cccs4)s3)nc2c1. The lowest BCUT2D eigenvalue weighted by molar-refractivity contribution is -0.142. The molecular formula is C19H16N2O3S2. The Balaban J connectivity index is 1.61. The summed E-state index contributed by atoms with van der Waals surface area (Å²) < 4.78 is 10.6. The summed E-state index contributed by atoms with van der Waals surface area (Å²) in [5.74, 6) is 0.174. The molecule has 0 aliphatic heterocycles. The Labute approximate surface area is 158 Å². The first-order chi connectivity index (χ1) is 12.6. The number of aromatic nitrogens is 1. The van der Waals surface area contributed by atoms with Crippen LogP contribution in [0.1, 0.15) is 5.56 Å². The molecule has 3 heterocycles. The largest absolute Gasteiger partial charge is 0.468 e. The monoisotopic (exact) mass is 384 g/mol. The van der Waals surface area contributed by atoms with Gasteiger partial charge in [-0.3, -0.25) is 4.79 Å². The van der Waals surface area contributed by atoms with E-state index in [9.17, 15) is 4.79 Å². The van der Waals surface area contributed by atoms with Gasteiger partial charge in [-0.25, -0.2) is 4.98 Å². The molecule has 26 heavy (non-hydrogen) atoms. The quantitative estimate of drug-likeness (QED) is 0.518. The molecule has 0 aliphatic rings. The number of carbonyl (C=O) groups is 1. The highest BCUT2D eigenvalue weighted by Gasteiger charge is 2.16. The first-order valence-electron chi connectivity index (χ1n) is 8.01. The number of carbonyl (C=O) groups excluding carboxylic acids is 1. The minimum absolute atomic E-state index is 0.395. The summed E-state index contributed by atoms with van der Waals surface area (Å²) in [6.07, 6.45) is 0.395. The maximum atomic E-state index is 11.5. The van der Waals surface area contributed by atoms with Crippen molar-refractivity contribution in [1.29, 1.82) is 0 Å². The predicted molar refractivity (Wildman–Crippen MR) is 104 cm³/mol. The highest BCUT2D eigenvalue weighted by atomic mass is 32.1. The van der Waals surface area contributed by atoms with Gasteiger partial charge in [0, 0.05) is 9.75 Å². The Hall–Kier alpha value is -2.48. The molecule has 4 aromatic rings. The smallest absolute Gasteiger partial charge is 0.322 e. The minimum atomic E-state index is -0.686. The number of oxazole rings is 1. The second-order valence-electron chi connectivity index (χ2n) is 5.80. The zero-order chi connectivity index (χ0) is 18.1. The van der Waals surface area contributed by atoms with E-state index < -0.39 is 12.0 Å². The minimum Gasteiger partial charge on any atom is -0.468 e. The van der Waals surface area contributed by atoms with E-state index in [2.05, 4.69) is 27.2 Å². The average Bonchev–Trinajstić information content (AvgIpc) is 3.38. The van der Waals surface area contributed by atoms with Gasteiger partial charge in [0.2, 0.25) is 5.89 Å². The van der Waals surface area contributed by atoms with Crippen LogP contribution in [0.2, 0.25) is 0 Å². The van der Waals surface area contributed by atoms with E-state index in [1.165, 1.54) is 16.9 Å². The Morgan fingerprint density at radius 1 is 1.23 bits per heavy atom. The average molecular weight is 384 g/mol. The molecule has 0 saturated carbocycles. The van der Waals surface area contributed by atoms with Crippen molar-refractivity contribution in [3.8, 4) is 20.5 Å². The van der Waals surface area contributed by atoms with Crippen molar-refractivity contribution in [3.05, 3.63) is 53.4 Å². The molecule has 0 spiro atoms. The van der Waals surface area contributed by atoms with Gasteiger partial charge in [-0.1, -0.05) is 12.1 Å². The van der Waals surface area contributed by atoms with Gasteiger partial charge in [-0.05, 0) is 47.7 Å². The molecule has 0 saturated heterocycles. The van der Waals surface area contributed by atoms with Gasteiger partial charge in [0.15, 0.2) is 5.58 Å². The molecule has 3 aromatic heterocycles. The molecule has 2 N–H and O–H groups in total. The van der Waals surface area contributed by atoms with E-state index in [0.717, 1.165) is 16.0 Å². The lowest BCUT2D eigenvalue weighted by Crippen LogP contribution is -2.33. The van der Waals surface area contributed by atoms with Crippen molar-refractivity contribution in [2.75, 3.05) is 7.11 Å². The first-order valence-corrected chi connectivity index (χ1v) is 9.70. The zero-order valence-electron chi connectivity index (χ0n) is 14.0. The van der Waals surface area contributed by atoms with Crippen LogP contribution >= 0.6 is 22.7 Å². The molecule has 0 aliphatic carbocycles. The predicted octanol–water partition coefficient (Wildman–Crippen LogP) is 4.33. The Morgan fingerprint density at radius 3 is 2.85 bits per heavy atom.